The Morgan fingerprint density at radius 1 is 1.21 bits per heavy atom. The number of carbonyl (C=O) groups excluding carboxylic acids is 2. The van der Waals surface area contributed by atoms with E-state index in [1.54, 1.807) is 7.11 Å². The van der Waals surface area contributed by atoms with Crippen LogP contribution >= 0.6 is 0 Å². The van der Waals surface area contributed by atoms with E-state index in [4.69, 9.17) is 4.74 Å². The predicted molar refractivity (Wildman–Crippen MR) is 68.5 cm³/mol. The van der Waals surface area contributed by atoms with E-state index >= 15 is 0 Å². The second-order valence-electron chi connectivity index (χ2n) is 5.34. The van der Waals surface area contributed by atoms with Crippen molar-refractivity contribution < 1.29 is 14.3 Å². The van der Waals surface area contributed by atoms with Crippen LogP contribution in [0.25, 0.3) is 0 Å². The second kappa shape index (κ2) is 3.98. The molecule has 5 heteroatoms. The van der Waals surface area contributed by atoms with Gasteiger partial charge in [0.25, 0.3) is 0 Å². The van der Waals surface area contributed by atoms with Gasteiger partial charge in [-0.05, 0) is 25.0 Å². The number of methoxy groups -OCH3 is 1. The summed E-state index contributed by atoms with van der Waals surface area (Å²) in [7, 11) is 1.60. The third-order valence-electron chi connectivity index (χ3n) is 3.93. The Kier molecular flexibility index (Phi) is 2.52. The first-order valence-electron chi connectivity index (χ1n) is 6.31. The van der Waals surface area contributed by atoms with Crippen LogP contribution in [0.1, 0.15) is 24.8 Å². The molecule has 2 N–H and O–H groups in total. The summed E-state index contributed by atoms with van der Waals surface area (Å²) in [6.45, 7) is 1.83. The van der Waals surface area contributed by atoms with Crippen LogP contribution in [0.3, 0.4) is 0 Å². The summed E-state index contributed by atoms with van der Waals surface area (Å²) in [6, 6.07) is 7.56. The molecule has 3 heterocycles. The van der Waals surface area contributed by atoms with Gasteiger partial charge in [-0.25, -0.2) is 0 Å². The molecule has 3 fully saturated rings. The standard InChI is InChI=1S/C14H16N2O3/c1-14-7-9(8-5-3-4-6-10(8)19-2)11(12(17)15-14)13(18)16-14/h3-6,9,11H,7H2,1-2H3,(H,15,17)(H,16,18). The van der Waals surface area contributed by atoms with Crippen molar-refractivity contribution in [3.05, 3.63) is 29.8 Å². The van der Waals surface area contributed by atoms with Crippen molar-refractivity contribution in [3.63, 3.8) is 0 Å². The first kappa shape index (κ1) is 12.0. The minimum Gasteiger partial charge on any atom is -0.496 e. The topological polar surface area (TPSA) is 67.4 Å². The monoisotopic (exact) mass is 260 g/mol. The molecular weight excluding hydrogens is 244 g/mol. The van der Waals surface area contributed by atoms with Gasteiger partial charge in [0.1, 0.15) is 17.3 Å². The zero-order valence-corrected chi connectivity index (χ0v) is 10.9. The Bertz CT molecular complexity index is 537. The van der Waals surface area contributed by atoms with E-state index in [1.165, 1.54) is 0 Å². The molecule has 0 radical (unpaired) electrons. The van der Waals surface area contributed by atoms with Crippen LogP contribution in [0.4, 0.5) is 0 Å². The number of hydrogen-bond acceptors (Lipinski definition) is 3. The van der Waals surface area contributed by atoms with Gasteiger partial charge in [0.05, 0.1) is 7.11 Å². The summed E-state index contributed by atoms with van der Waals surface area (Å²) in [5.74, 6) is -0.479. The number of piperidine rings is 2. The molecule has 5 nitrogen and oxygen atoms in total. The third-order valence-corrected chi connectivity index (χ3v) is 3.93. The Labute approximate surface area is 111 Å². The maximum absolute atomic E-state index is 12.0. The fraction of sp³-hybridized carbons (Fsp3) is 0.429. The van der Waals surface area contributed by atoms with E-state index in [0.717, 1.165) is 11.3 Å². The summed E-state index contributed by atoms with van der Waals surface area (Å²) >= 11 is 0. The van der Waals surface area contributed by atoms with Crippen molar-refractivity contribution in [1.82, 2.24) is 10.6 Å². The number of rotatable bonds is 2. The average Bonchev–Trinajstić information content (AvgIpc) is 2.36. The predicted octanol–water partition coefficient (Wildman–Crippen LogP) is 0.761. The maximum atomic E-state index is 12.0. The van der Waals surface area contributed by atoms with Gasteiger partial charge >= 0.3 is 0 Å². The van der Waals surface area contributed by atoms with Gasteiger partial charge in [-0.2, -0.15) is 0 Å². The molecule has 3 saturated heterocycles. The molecule has 1 aromatic carbocycles. The van der Waals surface area contributed by atoms with Crippen LogP contribution in [-0.2, 0) is 9.59 Å². The van der Waals surface area contributed by atoms with Gasteiger partial charge in [-0.15, -0.1) is 0 Å². The van der Waals surface area contributed by atoms with Gasteiger partial charge in [0.2, 0.25) is 11.8 Å². The van der Waals surface area contributed by atoms with Gasteiger partial charge < -0.3 is 15.4 Å². The number of fused-ring (bicyclic) bond motifs is 3. The molecule has 0 spiro atoms. The first-order chi connectivity index (χ1) is 9.04. The van der Waals surface area contributed by atoms with Gasteiger partial charge in [-0.3, -0.25) is 9.59 Å². The molecule has 19 heavy (non-hydrogen) atoms. The lowest BCUT2D eigenvalue weighted by Crippen LogP contribution is -2.72. The van der Waals surface area contributed by atoms with Crippen molar-refractivity contribution in [1.29, 1.82) is 0 Å². The van der Waals surface area contributed by atoms with E-state index < -0.39 is 11.6 Å². The number of nitrogens with one attached hydrogen (secondary N) is 2. The number of carbonyl (C=O) groups is 2. The van der Waals surface area contributed by atoms with E-state index in [-0.39, 0.29) is 17.7 Å². The number of para-hydroxylation sites is 1. The molecule has 0 aliphatic carbocycles. The molecule has 4 rings (SSSR count). The normalized spacial score (nSPS) is 32.7. The zero-order valence-electron chi connectivity index (χ0n) is 10.9. The van der Waals surface area contributed by atoms with Crippen molar-refractivity contribution in [2.24, 2.45) is 5.92 Å². The van der Waals surface area contributed by atoms with Crippen LogP contribution < -0.4 is 15.4 Å². The van der Waals surface area contributed by atoms with Gasteiger partial charge in [0.15, 0.2) is 0 Å². The largest absolute Gasteiger partial charge is 0.496 e. The average molecular weight is 260 g/mol. The molecule has 100 valence electrons. The van der Waals surface area contributed by atoms with E-state index in [0.29, 0.717) is 6.42 Å². The van der Waals surface area contributed by atoms with Gasteiger partial charge in [0, 0.05) is 5.92 Å². The van der Waals surface area contributed by atoms with Crippen LogP contribution in [0, 0.1) is 5.92 Å². The number of benzene rings is 1. The highest BCUT2D eigenvalue weighted by molar-refractivity contribution is 6.05. The molecular formula is C14H16N2O3. The summed E-state index contributed by atoms with van der Waals surface area (Å²) in [4.78, 5) is 24.1. The molecule has 2 amide bonds. The Hall–Kier alpha value is -2.04. The summed E-state index contributed by atoms with van der Waals surface area (Å²) in [5, 5.41) is 5.70. The first-order valence-corrected chi connectivity index (χ1v) is 6.31. The Balaban J connectivity index is 2.06. The number of amides is 2. The Morgan fingerprint density at radius 3 is 2.42 bits per heavy atom. The highest BCUT2D eigenvalue weighted by Crippen LogP contribution is 2.43. The lowest BCUT2D eigenvalue weighted by Gasteiger charge is -2.48. The fourth-order valence-corrected chi connectivity index (χ4v) is 3.14. The van der Waals surface area contributed by atoms with Crippen LogP contribution in [-0.4, -0.2) is 24.6 Å². The van der Waals surface area contributed by atoms with Crippen LogP contribution in [0.2, 0.25) is 0 Å². The third kappa shape index (κ3) is 1.77. The smallest absolute Gasteiger partial charge is 0.235 e. The van der Waals surface area contributed by atoms with Crippen LogP contribution in [0.15, 0.2) is 24.3 Å². The minimum atomic E-state index is -0.668. The Morgan fingerprint density at radius 2 is 1.84 bits per heavy atom. The minimum absolute atomic E-state index is 0.136. The number of hydrogen-bond donors (Lipinski definition) is 2. The lowest BCUT2D eigenvalue weighted by atomic mass is 9.72. The quantitative estimate of drug-likeness (QED) is 0.771. The summed E-state index contributed by atoms with van der Waals surface area (Å²) in [5.41, 5.74) is 0.264. The zero-order chi connectivity index (χ0) is 13.6. The van der Waals surface area contributed by atoms with Crippen molar-refractivity contribution in [2.75, 3.05) is 7.11 Å². The molecule has 3 aliphatic rings. The molecule has 2 bridgehead atoms. The fourth-order valence-electron chi connectivity index (χ4n) is 3.14. The van der Waals surface area contributed by atoms with Crippen molar-refractivity contribution in [3.8, 4) is 5.75 Å². The molecule has 1 atom stereocenters. The van der Waals surface area contributed by atoms with E-state index in [9.17, 15) is 9.59 Å². The molecule has 3 aliphatic heterocycles. The van der Waals surface area contributed by atoms with Crippen LogP contribution in [0.5, 0.6) is 5.75 Å². The van der Waals surface area contributed by atoms with Crippen molar-refractivity contribution in [2.45, 2.75) is 24.9 Å². The van der Waals surface area contributed by atoms with E-state index in [1.807, 2.05) is 31.2 Å². The highest BCUT2D eigenvalue weighted by atomic mass is 16.5. The lowest BCUT2D eigenvalue weighted by molar-refractivity contribution is -0.149. The van der Waals surface area contributed by atoms with Crippen molar-refractivity contribution >= 4 is 11.8 Å². The second-order valence-corrected chi connectivity index (χ2v) is 5.34. The molecule has 1 aromatic rings. The number of ether oxygens (including phenoxy) is 1. The highest BCUT2D eigenvalue weighted by Gasteiger charge is 2.53. The molecule has 0 aromatic heterocycles. The molecule has 0 saturated carbocycles. The SMILES string of the molecule is COc1ccccc1C1CC2(C)NC(=O)C1C(=O)N2. The van der Waals surface area contributed by atoms with E-state index in [2.05, 4.69) is 10.6 Å². The van der Waals surface area contributed by atoms with Gasteiger partial charge in [-0.1, -0.05) is 18.2 Å². The maximum Gasteiger partial charge on any atom is 0.235 e. The summed E-state index contributed by atoms with van der Waals surface area (Å²) in [6.07, 6.45) is 0.676. The summed E-state index contributed by atoms with van der Waals surface area (Å²) < 4.78 is 5.35. The molecule has 1 unspecified atom stereocenters.